The van der Waals surface area contributed by atoms with Crippen LogP contribution in [0.3, 0.4) is 0 Å². The molecule has 2 rings (SSSR count). The third-order valence-electron chi connectivity index (χ3n) is 6.00. The number of aliphatic carboxylic acids is 1. The molecule has 2 aromatic rings. The van der Waals surface area contributed by atoms with Gasteiger partial charge >= 0.3 is 5.97 Å². The predicted octanol–water partition coefficient (Wildman–Crippen LogP) is -0.622. The number of amides is 4. The third-order valence-corrected chi connectivity index (χ3v) is 6.65. The summed E-state index contributed by atoms with van der Waals surface area (Å²) in [5.74, 6) is -4.11. The minimum atomic E-state index is -1.44. The molecule has 0 aliphatic rings. The van der Waals surface area contributed by atoms with Crippen molar-refractivity contribution in [3.63, 3.8) is 0 Å². The zero-order valence-corrected chi connectivity index (χ0v) is 23.2. The van der Waals surface area contributed by atoms with E-state index in [1.54, 1.807) is 18.4 Å². The Morgan fingerprint density at radius 1 is 0.756 bits per heavy atom. The molecule has 41 heavy (non-hydrogen) atoms. The molecule has 10 N–H and O–H groups in total. The van der Waals surface area contributed by atoms with Crippen molar-refractivity contribution in [3.05, 3.63) is 59.7 Å². The van der Waals surface area contributed by atoms with Crippen LogP contribution in [0.4, 0.5) is 0 Å². The van der Waals surface area contributed by atoms with Crippen LogP contribution in [0.15, 0.2) is 48.5 Å². The first kappa shape index (κ1) is 32.9. The highest BCUT2D eigenvalue weighted by molar-refractivity contribution is 7.98. The molecule has 0 heterocycles. The molecule has 4 amide bonds. The molecule has 0 fully saturated rings. The number of phenols is 2. The van der Waals surface area contributed by atoms with Crippen molar-refractivity contribution < 1.29 is 39.3 Å². The van der Waals surface area contributed by atoms with Crippen LogP contribution in [0.25, 0.3) is 0 Å². The number of carboxylic acid groups (broad SMARTS) is 1. The molecule has 0 saturated carbocycles. The van der Waals surface area contributed by atoms with Crippen molar-refractivity contribution in [3.8, 4) is 11.5 Å². The fraction of sp³-hybridized carbons (Fsp3) is 0.370. The SMILES string of the molecule is CSCCC(NC(=O)C(CC(N)=O)NC(=O)C(N)Cc1ccc(O)cc1)C(=O)NC(Cc1ccc(O)cc1)C(=O)O. The van der Waals surface area contributed by atoms with Crippen molar-refractivity contribution in [2.24, 2.45) is 11.5 Å². The smallest absolute Gasteiger partial charge is 0.326 e. The van der Waals surface area contributed by atoms with E-state index in [9.17, 15) is 39.3 Å². The van der Waals surface area contributed by atoms with E-state index in [-0.39, 0.29) is 30.8 Å². The lowest BCUT2D eigenvalue weighted by Crippen LogP contribution is -2.58. The average molecular weight is 590 g/mol. The molecule has 0 bridgehead atoms. The standard InChI is InChI=1S/C27H35N5O8S/c1-41-11-10-20(25(37)32-22(27(39)40)13-16-4-8-18(34)9-5-16)30-26(38)21(14-23(29)35)31-24(36)19(28)12-15-2-6-17(33)7-3-15/h2-9,19-22,33-34H,10-14,28H2,1H3,(H2,29,35)(H,30,38)(H,31,36)(H,32,37)(H,39,40). The van der Waals surface area contributed by atoms with Gasteiger partial charge in [-0.15, -0.1) is 0 Å². The van der Waals surface area contributed by atoms with E-state index in [2.05, 4.69) is 16.0 Å². The molecule has 0 aliphatic carbocycles. The molecule has 13 nitrogen and oxygen atoms in total. The molecule has 4 atom stereocenters. The van der Waals surface area contributed by atoms with E-state index in [4.69, 9.17) is 11.5 Å². The summed E-state index contributed by atoms with van der Waals surface area (Å²) in [6.45, 7) is 0. The van der Waals surface area contributed by atoms with E-state index in [1.807, 2.05) is 0 Å². The van der Waals surface area contributed by atoms with Gasteiger partial charge in [0, 0.05) is 6.42 Å². The molecule has 0 aromatic heterocycles. The van der Waals surface area contributed by atoms with E-state index >= 15 is 0 Å². The molecule has 14 heteroatoms. The monoisotopic (exact) mass is 589 g/mol. The molecular formula is C27H35N5O8S. The summed E-state index contributed by atoms with van der Waals surface area (Å²) >= 11 is 1.39. The molecule has 0 aliphatic heterocycles. The van der Waals surface area contributed by atoms with Crippen molar-refractivity contribution in [2.75, 3.05) is 12.0 Å². The molecule has 0 radical (unpaired) electrons. The first-order valence-corrected chi connectivity index (χ1v) is 14.0. The number of hydrogen-bond donors (Lipinski definition) is 8. The molecule has 4 unspecified atom stereocenters. The second-order valence-electron chi connectivity index (χ2n) is 9.32. The molecular weight excluding hydrogens is 554 g/mol. The highest BCUT2D eigenvalue weighted by Crippen LogP contribution is 2.13. The van der Waals surface area contributed by atoms with Gasteiger partial charge in [0.1, 0.15) is 29.6 Å². The second-order valence-corrected chi connectivity index (χ2v) is 10.3. The molecule has 2 aromatic carbocycles. The maximum atomic E-state index is 13.1. The highest BCUT2D eigenvalue weighted by Gasteiger charge is 2.31. The number of phenolic OH excluding ortho intramolecular Hbond substituents is 2. The fourth-order valence-electron chi connectivity index (χ4n) is 3.78. The largest absolute Gasteiger partial charge is 0.508 e. The summed E-state index contributed by atoms with van der Waals surface area (Å²) < 4.78 is 0. The Bertz CT molecular complexity index is 1210. The maximum Gasteiger partial charge on any atom is 0.326 e. The van der Waals surface area contributed by atoms with Gasteiger partial charge in [-0.3, -0.25) is 19.2 Å². The van der Waals surface area contributed by atoms with Gasteiger partial charge in [0.25, 0.3) is 0 Å². The quantitative estimate of drug-likeness (QED) is 0.123. The van der Waals surface area contributed by atoms with Crippen LogP contribution in [-0.2, 0) is 36.8 Å². The maximum absolute atomic E-state index is 13.1. The van der Waals surface area contributed by atoms with Gasteiger partial charge in [-0.2, -0.15) is 11.8 Å². The number of benzene rings is 2. The number of carbonyl (C=O) groups excluding carboxylic acids is 4. The first-order chi connectivity index (χ1) is 19.4. The zero-order valence-electron chi connectivity index (χ0n) is 22.4. The van der Waals surface area contributed by atoms with Crippen molar-refractivity contribution in [2.45, 2.75) is 49.9 Å². The van der Waals surface area contributed by atoms with Gasteiger partial charge < -0.3 is 42.7 Å². The number of aromatic hydroxyl groups is 2. The number of carboxylic acids is 1. The number of nitrogens with one attached hydrogen (secondary N) is 3. The van der Waals surface area contributed by atoms with E-state index in [0.29, 0.717) is 16.9 Å². The summed E-state index contributed by atoms with van der Waals surface area (Å²) in [7, 11) is 0. The minimum absolute atomic E-state index is 0.00317. The third kappa shape index (κ3) is 11.4. The Labute approximate surface area is 241 Å². The summed E-state index contributed by atoms with van der Waals surface area (Å²) in [6.07, 6.45) is 1.34. The van der Waals surface area contributed by atoms with Crippen molar-refractivity contribution in [1.82, 2.24) is 16.0 Å². The van der Waals surface area contributed by atoms with Crippen LogP contribution in [0.2, 0.25) is 0 Å². The highest BCUT2D eigenvalue weighted by atomic mass is 32.2. The summed E-state index contributed by atoms with van der Waals surface area (Å²) in [4.78, 5) is 62.5. The average Bonchev–Trinajstić information content (AvgIpc) is 2.92. The number of thioether (sulfide) groups is 1. The summed E-state index contributed by atoms with van der Waals surface area (Å²) in [6, 6.07) is 6.79. The number of hydrogen-bond acceptors (Lipinski definition) is 9. The summed E-state index contributed by atoms with van der Waals surface area (Å²) in [5, 5.41) is 35.8. The normalized spacial score (nSPS) is 13.7. The zero-order chi connectivity index (χ0) is 30.5. The Balaban J connectivity index is 2.12. The van der Waals surface area contributed by atoms with Crippen LogP contribution in [0, 0.1) is 0 Å². The Morgan fingerprint density at radius 2 is 1.22 bits per heavy atom. The van der Waals surface area contributed by atoms with Crippen LogP contribution >= 0.6 is 11.8 Å². The van der Waals surface area contributed by atoms with Gasteiger partial charge in [0.15, 0.2) is 0 Å². The van der Waals surface area contributed by atoms with Gasteiger partial charge in [-0.05, 0) is 60.2 Å². The number of carbonyl (C=O) groups is 5. The molecule has 0 spiro atoms. The molecule has 222 valence electrons. The Morgan fingerprint density at radius 3 is 1.71 bits per heavy atom. The lowest BCUT2D eigenvalue weighted by molar-refractivity contribution is -0.142. The lowest BCUT2D eigenvalue weighted by atomic mass is 10.0. The minimum Gasteiger partial charge on any atom is -0.508 e. The van der Waals surface area contributed by atoms with E-state index < -0.39 is 60.2 Å². The van der Waals surface area contributed by atoms with Crippen molar-refractivity contribution >= 4 is 41.4 Å². The summed E-state index contributed by atoms with van der Waals surface area (Å²) in [5.41, 5.74) is 12.5. The van der Waals surface area contributed by atoms with Gasteiger partial charge in [-0.1, -0.05) is 24.3 Å². The van der Waals surface area contributed by atoms with Gasteiger partial charge in [-0.25, -0.2) is 4.79 Å². The first-order valence-electron chi connectivity index (χ1n) is 12.6. The van der Waals surface area contributed by atoms with Crippen LogP contribution in [0.5, 0.6) is 11.5 Å². The Hall–Kier alpha value is -4.30. The number of nitrogens with two attached hydrogens (primary N) is 2. The van der Waals surface area contributed by atoms with Crippen molar-refractivity contribution in [1.29, 1.82) is 0 Å². The van der Waals surface area contributed by atoms with Gasteiger partial charge in [0.2, 0.25) is 23.6 Å². The lowest BCUT2D eigenvalue weighted by Gasteiger charge is -2.25. The molecule has 0 saturated heterocycles. The van der Waals surface area contributed by atoms with Crippen LogP contribution in [-0.4, -0.2) is 81.1 Å². The topological polar surface area (TPSA) is 234 Å². The second kappa shape index (κ2) is 16.1. The van der Waals surface area contributed by atoms with E-state index in [1.165, 1.54) is 48.2 Å². The predicted molar refractivity (Wildman–Crippen MR) is 152 cm³/mol. The van der Waals surface area contributed by atoms with E-state index in [0.717, 1.165) is 0 Å². The fourth-order valence-corrected chi connectivity index (χ4v) is 4.26. The van der Waals surface area contributed by atoms with Crippen LogP contribution in [0.1, 0.15) is 24.0 Å². The number of primary amides is 1. The van der Waals surface area contributed by atoms with Gasteiger partial charge in [0.05, 0.1) is 12.5 Å². The van der Waals surface area contributed by atoms with Crippen LogP contribution < -0.4 is 27.4 Å². The number of rotatable bonds is 16. The Kier molecular flexibility index (Phi) is 12.9.